The maximum Gasteiger partial charge on any atom is 0.337 e. The summed E-state index contributed by atoms with van der Waals surface area (Å²) in [6.07, 6.45) is 0. The fourth-order valence-electron chi connectivity index (χ4n) is 3.48. The van der Waals surface area contributed by atoms with Gasteiger partial charge in [0.05, 0.1) is 30.7 Å². The molecule has 0 atom stereocenters. The van der Waals surface area contributed by atoms with Crippen molar-refractivity contribution in [2.75, 3.05) is 50.1 Å². The van der Waals surface area contributed by atoms with Crippen molar-refractivity contribution in [2.45, 2.75) is 13.8 Å². The number of piperazine rings is 1. The Balaban J connectivity index is 1.84. The highest BCUT2D eigenvalue weighted by Gasteiger charge is 2.22. The van der Waals surface area contributed by atoms with Crippen LogP contribution in [0.1, 0.15) is 34.6 Å². The lowest BCUT2D eigenvalue weighted by Crippen LogP contribution is -2.48. The van der Waals surface area contributed by atoms with E-state index in [0.717, 1.165) is 5.69 Å². The number of ether oxygens (including phenoxy) is 2. The first kappa shape index (κ1) is 22.1. The number of hydrogen-bond donors (Lipinski definition) is 1. The third-order valence-electron chi connectivity index (χ3n) is 5.16. The molecule has 0 spiro atoms. The van der Waals surface area contributed by atoms with E-state index in [9.17, 15) is 14.4 Å². The van der Waals surface area contributed by atoms with Crippen LogP contribution < -0.4 is 15.0 Å². The Kier molecular flexibility index (Phi) is 7.12. The van der Waals surface area contributed by atoms with E-state index in [1.807, 2.05) is 6.92 Å². The first-order valence-corrected chi connectivity index (χ1v) is 10.2. The largest absolute Gasteiger partial charge is 0.494 e. The zero-order chi connectivity index (χ0) is 22.4. The Morgan fingerprint density at radius 3 is 2.19 bits per heavy atom. The summed E-state index contributed by atoms with van der Waals surface area (Å²) in [4.78, 5) is 40.4. The Morgan fingerprint density at radius 2 is 1.61 bits per heavy atom. The van der Waals surface area contributed by atoms with E-state index in [4.69, 9.17) is 9.47 Å². The van der Waals surface area contributed by atoms with Gasteiger partial charge in [-0.15, -0.1) is 0 Å². The minimum atomic E-state index is -0.482. The Hall–Kier alpha value is -3.55. The summed E-state index contributed by atoms with van der Waals surface area (Å²) in [6, 6.07) is 11.9. The second-order valence-electron chi connectivity index (χ2n) is 7.13. The van der Waals surface area contributed by atoms with Gasteiger partial charge in [-0.2, -0.15) is 0 Å². The number of methoxy groups -OCH3 is 1. The molecular formula is C23H27N3O5. The standard InChI is InChI=1S/C23H27N3O5/c1-4-31-19-8-5-17(6-9-19)22(28)24-20-15-18(23(29)30-3)7-10-21(20)26-13-11-25(12-14-26)16(2)27/h5-10,15H,4,11-14H2,1-3H3,(H,24,28). The summed E-state index contributed by atoms with van der Waals surface area (Å²) in [5, 5.41) is 2.92. The normalized spacial score (nSPS) is 13.5. The molecular weight excluding hydrogens is 398 g/mol. The fraction of sp³-hybridized carbons (Fsp3) is 0.348. The van der Waals surface area contributed by atoms with Crippen molar-refractivity contribution in [3.05, 3.63) is 53.6 Å². The van der Waals surface area contributed by atoms with Crippen LogP contribution in [-0.2, 0) is 9.53 Å². The van der Waals surface area contributed by atoms with Crippen molar-refractivity contribution in [2.24, 2.45) is 0 Å². The van der Waals surface area contributed by atoms with Gasteiger partial charge in [-0.05, 0) is 49.4 Å². The van der Waals surface area contributed by atoms with Crippen LogP contribution in [0.25, 0.3) is 0 Å². The Labute approximate surface area is 181 Å². The van der Waals surface area contributed by atoms with Crippen LogP contribution in [0.15, 0.2) is 42.5 Å². The van der Waals surface area contributed by atoms with E-state index in [1.165, 1.54) is 7.11 Å². The van der Waals surface area contributed by atoms with Gasteiger partial charge in [-0.1, -0.05) is 0 Å². The molecule has 0 aromatic heterocycles. The van der Waals surface area contributed by atoms with Gasteiger partial charge in [0.25, 0.3) is 5.91 Å². The molecule has 1 N–H and O–H groups in total. The third kappa shape index (κ3) is 5.33. The first-order chi connectivity index (χ1) is 14.9. The first-order valence-electron chi connectivity index (χ1n) is 10.2. The van der Waals surface area contributed by atoms with Crippen LogP contribution in [0, 0.1) is 0 Å². The molecule has 1 fully saturated rings. The quantitative estimate of drug-likeness (QED) is 0.716. The molecule has 0 radical (unpaired) electrons. The van der Waals surface area contributed by atoms with Crippen molar-refractivity contribution in [1.82, 2.24) is 4.90 Å². The van der Waals surface area contributed by atoms with Crippen molar-refractivity contribution in [1.29, 1.82) is 0 Å². The molecule has 1 heterocycles. The van der Waals surface area contributed by atoms with Crippen molar-refractivity contribution < 1.29 is 23.9 Å². The number of carbonyl (C=O) groups excluding carboxylic acids is 3. The SMILES string of the molecule is CCOc1ccc(C(=O)Nc2cc(C(=O)OC)ccc2N2CCN(C(C)=O)CC2)cc1. The fourth-order valence-corrected chi connectivity index (χ4v) is 3.48. The molecule has 8 nitrogen and oxygen atoms in total. The van der Waals surface area contributed by atoms with E-state index in [2.05, 4.69) is 10.2 Å². The van der Waals surface area contributed by atoms with Crippen LogP contribution in [0.5, 0.6) is 5.75 Å². The molecule has 0 aliphatic carbocycles. The maximum atomic E-state index is 12.9. The molecule has 2 aromatic rings. The molecule has 0 saturated carbocycles. The van der Waals surface area contributed by atoms with Gasteiger partial charge in [-0.3, -0.25) is 9.59 Å². The van der Waals surface area contributed by atoms with Crippen LogP contribution in [0.3, 0.4) is 0 Å². The molecule has 1 aliphatic heterocycles. The number of rotatable bonds is 6. The number of carbonyl (C=O) groups is 3. The summed E-state index contributed by atoms with van der Waals surface area (Å²) in [6.45, 7) is 6.45. The predicted octanol–water partition coefficient (Wildman–Crippen LogP) is 2.79. The van der Waals surface area contributed by atoms with Gasteiger partial charge in [0.2, 0.25) is 5.91 Å². The molecule has 8 heteroatoms. The molecule has 1 saturated heterocycles. The lowest BCUT2D eigenvalue weighted by atomic mass is 10.1. The van der Waals surface area contributed by atoms with E-state index in [-0.39, 0.29) is 11.8 Å². The highest BCUT2D eigenvalue weighted by atomic mass is 16.5. The van der Waals surface area contributed by atoms with Gasteiger partial charge >= 0.3 is 5.97 Å². The van der Waals surface area contributed by atoms with E-state index >= 15 is 0 Å². The van der Waals surface area contributed by atoms with Crippen LogP contribution >= 0.6 is 0 Å². The number of amides is 2. The third-order valence-corrected chi connectivity index (χ3v) is 5.16. The highest BCUT2D eigenvalue weighted by molar-refractivity contribution is 6.07. The highest BCUT2D eigenvalue weighted by Crippen LogP contribution is 2.29. The lowest BCUT2D eigenvalue weighted by Gasteiger charge is -2.36. The zero-order valence-electron chi connectivity index (χ0n) is 18.0. The van der Waals surface area contributed by atoms with E-state index < -0.39 is 5.97 Å². The average molecular weight is 425 g/mol. The second kappa shape index (κ2) is 9.97. The number of benzene rings is 2. The zero-order valence-corrected chi connectivity index (χ0v) is 18.0. The summed E-state index contributed by atoms with van der Waals surface area (Å²) < 4.78 is 10.2. The average Bonchev–Trinajstić information content (AvgIpc) is 2.79. The molecule has 164 valence electrons. The monoisotopic (exact) mass is 425 g/mol. The second-order valence-corrected chi connectivity index (χ2v) is 7.13. The van der Waals surface area contributed by atoms with Gasteiger partial charge in [-0.25, -0.2) is 4.79 Å². The van der Waals surface area contributed by atoms with Crippen LogP contribution in [-0.4, -0.2) is 62.6 Å². The van der Waals surface area contributed by atoms with Gasteiger partial charge in [0.1, 0.15) is 5.75 Å². The summed E-state index contributed by atoms with van der Waals surface area (Å²) in [5.41, 5.74) is 2.11. The molecule has 3 rings (SSSR count). The number of anilines is 2. The molecule has 0 bridgehead atoms. The van der Waals surface area contributed by atoms with Gasteiger partial charge in [0, 0.05) is 38.7 Å². The number of hydrogen-bond acceptors (Lipinski definition) is 6. The minimum absolute atomic E-state index is 0.0460. The maximum absolute atomic E-state index is 12.9. The molecule has 2 amide bonds. The summed E-state index contributed by atoms with van der Waals surface area (Å²) in [7, 11) is 1.31. The molecule has 1 aliphatic rings. The summed E-state index contributed by atoms with van der Waals surface area (Å²) >= 11 is 0. The van der Waals surface area contributed by atoms with Crippen LogP contribution in [0.2, 0.25) is 0 Å². The van der Waals surface area contributed by atoms with E-state index in [0.29, 0.717) is 55.3 Å². The van der Waals surface area contributed by atoms with Gasteiger partial charge < -0.3 is 24.6 Å². The lowest BCUT2D eigenvalue weighted by molar-refractivity contribution is -0.129. The van der Waals surface area contributed by atoms with Gasteiger partial charge in [0.15, 0.2) is 0 Å². The smallest absolute Gasteiger partial charge is 0.337 e. The van der Waals surface area contributed by atoms with Crippen molar-refractivity contribution in [3.8, 4) is 5.75 Å². The Morgan fingerprint density at radius 1 is 0.968 bits per heavy atom. The van der Waals surface area contributed by atoms with Crippen molar-refractivity contribution >= 4 is 29.2 Å². The number of esters is 1. The van der Waals surface area contributed by atoms with E-state index in [1.54, 1.807) is 54.3 Å². The van der Waals surface area contributed by atoms with Crippen molar-refractivity contribution in [3.63, 3.8) is 0 Å². The topological polar surface area (TPSA) is 88.2 Å². The van der Waals surface area contributed by atoms with Crippen LogP contribution in [0.4, 0.5) is 11.4 Å². The molecule has 31 heavy (non-hydrogen) atoms. The summed E-state index contributed by atoms with van der Waals surface area (Å²) in [5.74, 6) is -0.0429. The number of nitrogens with zero attached hydrogens (tertiary/aromatic N) is 2. The number of nitrogens with one attached hydrogen (secondary N) is 1. The minimum Gasteiger partial charge on any atom is -0.494 e. The predicted molar refractivity (Wildman–Crippen MR) is 118 cm³/mol. The molecule has 2 aromatic carbocycles. The molecule has 0 unspecified atom stereocenters. The Bertz CT molecular complexity index is 950.